The Morgan fingerprint density at radius 1 is 1.04 bits per heavy atom. The molecule has 0 bridgehead atoms. The highest BCUT2D eigenvalue weighted by Gasteiger charge is 2.45. The molecule has 0 radical (unpaired) electrons. The molecule has 0 unspecified atom stereocenters. The molecule has 2 aromatic rings. The molecular weight excluding hydrogens is 331 g/mol. The molecule has 4 nitrogen and oxygen atoms in total. The first kappa shape index (κ1) is 16.5. The number of hydrogen-bond acceptors (Lipinski definition) is 2. The van der Waals surface area contributed by atoms with Gasteiger partial charge in [-0.25, -0.2) is 4.39 Å². The molecule has 0 saturated heterocycles. The number of hydrogen-bond donors (Lipinski definition) is 2. The molecule has 1 aliphatic carbocycles. The average molecular weight is 347 g/mol. The summed E-state index contributed by atoms with van der Waals surface area (Å²) in [4.78, 5) is 24.6. The summed E-state index contributed by atoms with van der Waals surface area (Å²) >= 11 is 6.02. The minimum absolute atomic E-state index is 0.122. The molecule has 0 aliphatic heterocycles. The molecule has 1 aliphatic rings. The van der Waals surface area contributed by atoms with Crippen molar-refractivity contribution >= 4 is 23.4 Å². The number of nitrogens with one attached hydrogen (secondary N) is 2. The van der Waals surface area contributed by atoms with Crippen molar-refractivity contribution < 1.29 is 14.0 Å². The maximum absolute atomic E-state index is 13.6. The molecule has 0 atom stereocenters. The van der Waals surface area contributed by atoms with Crippen LogP contribution in [0.25, 0.3) is 0 Å². The van der Waals surface area contributed by atoms with Gasteiger partial charge in [0.15, 0.2) is 0 Å². The molecule has 0 heterocycles. The van der Waals surface area contributed by atoms with E-state index in [0.717, 1.165) is 12.0 Å². The Bertz CT molecular complexity index is 790. The van der Waals surface area contributed by atoms with E-state index in [1.165, 1.54) is 18.2 Å². The van der Waals surface area contributed by atoms with E-state index in [-0.39, 0.29) is 11.5 Å². The highest BCUT2D eigenvalue weighted by molar-refractivity contribution is 6.30. The van der Waals surface area contributed by atoms with Crippen molar-refractivity contribution in [1.82, 2.24) is 10.9 Å². The van der Waals surface area contributed by atoms with Gasteiger partial charge in [0.25, 0.3) is 5.91 Å². The second-order valence-electron chi connectivity index (χ2n) is 5.83. The molecule has 2 amide bonds. The van der Waals surface area contributed by atoms with Gasteiger partial charge in [0.2, 0.25) is 5.91 Å². The standard InChI is InChI=1S/C18H16ClFN2O2/c19-13-6-3-5-12(11-13)18(9-4-10-18)17(24)22-21-16(23)14-7-1-2-8-15(14)20/h1-3,5-8,11H,4,9-10H2,(H,21,23)(H,22,24). The summed E-state index contributed by atoms with van der Waals surface area (Å²) in [6, 6.07) is 12.7. The third-order valence-electron chi connectivity index (χ3n) is 4.43. The first-order valence-electron chi connectivity index (χ1n) is 7.64. The Labute approximate surface area is 144 Å². The fourth-order valence-electron chi connectivity index (χ4n) is 2.91. The van der Waals surface area contributed by atoms with Gasteiger partial charge in [-0.2, -0.15) is 0 Å². The van der Waals surface area contributed by atoms with Gasteiger partial charge in [0.1, 0.15) is 5.82 Å². The third-order valence-corrected chi connectivity index (χ3v) is 4.66. The highest BCUT2D eigenvalue weighted by Crippen LogP contribution is 2.44. The lowest BCUT2D eigenvalue weighted by Crippen LogP contribution is -2.54. The summed E-state index contributed by atoms with van der Waals surface area (Å²) < 4.78 is 13.6. The van der Waals surface area contributed by atoms with Gasteiger partial charge in [0.05, 0.1) is 11.0 Å². The quantitative estimate of drug-likeness (QED) is 0.837. The fraction of sp³-hybridized carbons (Fsp3) is 0.222. The molecular formula is C18H16ClFN2O2. The monoisotopic (exact) mass is 346 g/mol. The van der Waals surface area contributed by atoms with E-state index >= 15 is 0 Å². The predicted octanol–water partition coefficient (Wildman–Crippen LogP) is 3.36. The van der Waals surface area contributed by atoms with E-state index in [4.69, 9.17) is 11.6 Å². The number of hydrazine groups is 1. The minimum Gasteiger partial charge on any atom is -0.272 e. The number of amides is 2. The van der Waals surface area contributed by atoms with Crippen LogP contribution in [0.1, 0.15) is 35.2 Å². The van der Waals surface area contributed by atoms with Gasteiger partial charge in [-0.15, -0.1) is 0 Å². The lowest BCUT2D eigenvalue weighted by Gasteiger charge is -2.40. The lowest BCUT2D eigenvalue weighted by molar-refractivity contribution is -0.130. The van der Waals surface area contributed by atoms with Crippen LogP contribution < -0.4 is 10.9 Å². The van der Waals surface area contributed by atoms with Crippen molar-refractivity contribution in [2.75, 3.05) is 0 Å². The van der Waals surface area contributed by atoms with Crippen molar-refractivity contribution in [1.29, 1.82) is 0 Å². The van der Waals surface area contributed by atoms with Gasteiger partial charge in [0, 0.05) is 5.02 Å². The van der Waals surface area contributed by atoms with Crippen molar-refractivity contribution in [3.8, 4) is 0 Å². The topological polar surface area (TPSA) is 58.2 Å². The van der Waals surface area contributed by atoms with Crippen molar-refractivity contribution in [2.45, 2.75) is 24.7 Å². The maximum Gasteiger partial charge on any atom is 0.272 e. The van der Waals surface area contributed by atoms with Crippen molar-refractivity contribution in [3.05, 3.63) is 70.5 Å². The smallest absolute Gasteiger partial charge is 0.272 e. The SMILES string of the molecule is O=C(NNC(=O)C1(c2cccc(Cl)c2)CCC1)c1ccccc1F. The van der Waals surface area contributed by atoms with E-state index < -0.39 is 17.1 Å². The Morgan fingerprint density at radius 3 is 2.42 bits per heavy atom. The van der Waals surface area contributed by atoms with E-state index in [1.807, 2.05) is 6.07 Å². The van der Waals surface area contributed by atoms with Gasteiger partial charge >= 0.3 is 0 Å². The van der Waals surface area contributed by atoms with E-state index in [2.05, 4.69) is 10.9 Å². The zero-order chi connectivity index (χ0) is 17.2. The van der Waals surface area contributed by atoms with Crippen LogP contribution in [0.5, 0.6) is 0 Å². The highest BCUT2D eigenvalue weighted by atomic mass is 35.5. The van der Waals surface area contributed by atoms with Gasteiger partial charge in [-0.05, 0) is 42.7 Å². The fourth-order valence-corrected chi connectivity index (χ4v) is 3.10. The van der Waals surface area contributed by atoms with Crippen molar-refractivity contribution in [2.24, 2.45) is 0 Å². The first-order chi connectivity index (χ1) is 11.5. The van der Waals surface area contributed by atoms with Gasteiger partial charge in [-0.1, -0.05) is 42.3 Å². The summed E-state index contributed by atoms with van der Waals surface area (Å²) in [7, 11) is 0. The molecule has 1 saturated carbocycles. The molecule has 0 aromatic heterocycles. The van der Waals surface area contributed by atoms with Crippen LogP contribution in [0.15, 0.2) is 48.5 Å². The number of rotatable bonds is 3. The molecule has 1 fully saturated rings. The Hall–Kier alpha value is -2.40. The second kappa shape index (κ2) is 6.61. The predicted molar refractivity (Wildman–Crippen MR) is 89.0 cm³/mol. The Balaban J connectivity index is 1.72. The molecule has 124 valence electrons. The Kier molecular flexibility index (Phi) is 4.53. The van der Waals surface area contributed by atoms with Crippen LogP contribution in [0.2, 0.25) is 5.02 Å². The zero-order valence-electron chi connectivity index (χ0n) is 12.8. The third kappa shape index (κ3) is 2.99. The molecule has 0 spiro atoms. The van der Waals surface area contributed by atoms with Gasteiger partial charge < -0.3 is 0 Å². The van der Waals surface area contributed by atoms with Gasteiger partial charge in [-0.3, -0.25) is 20.4 Å². The summed E-state index contributed by atoms with van der Waals surface area (Å²) in [5.41, 5.74) is 4.70. The maximum atomic E-state index is 13.6. The first-order valence-corrected chi connectivity index (χ1v) is 8.02. The molecule has 2 N–H and O–H groups in total. The van der Waals surface area contributed by atoms with Crippen LogP contribution in [0, 0.1) is 5.82 Å². The molecule has 3 rings (SSSR count). The zero-order valence-corrected chi connectivity index (χ0v) is 13.6. The number of benzene rings is 2. The lowest BCUT2D eigenvalue weighted by atomic mass is 9.64. The number of halogens is 2. The van der Waals surface area contributed by atoms with Crippen LogP contribution in [-0.2, 0) is 10.2 Å². The molecule has 6 heteroatoms. The minimum atomic E-state index is -0.701. The molecule has 2 aromatic carbocycles. The van der Waals surface area contributed by atoms with Crippen LogP contribution in [-0.4, -0.2) is 11.8 Å². The van der Waals surface area contributed by atoms with Crippen molar-refractivity contribution in [3.63, 3.8) is 0 Å². The van der Waals surface area contributed by atoms with E-state index in [9.17, 15) is 14.0 Å². The number of carbonyl (C=O) groups is 2. The Morgan fingerprint density at radius 2 is 1.79 bits per heavy atom. The van der Waals surface area contributed by atoms with Crippen LogP contribution >= 0.6 is 11.6 Å². The van der Waals surface area contributed by atoms with E-state index in [1.54, 1.807) is 24.3 Å². The number of carbonyl (C=O) groups excluding carboxylic acids is 2. The second-order valence-corrected chi connectivity index (χ2v) is 6.27. The normalized spacial score (nSPS) is 15.2. The van der Waals surface area contributed by atoms with Crippen LogP contribution in [0.4, 0.5) is 4.39 Å². The average Bonchev–Trinajstić information content (AvgIpc) is 2.52. The summed E-state index contributed by atoms with van der Waals surface area (Å²) in [5.74, 6) is -1.65. The molecule has 24 heavy (non-hydrogen) atoms. The summed E-state index contributed by atoms with van der Waals surface area (Å²) in [6.07, 6.45) is 2.27. The largest absolute Gasteiger partial charge is 0.272 e. The summed E-state index contributed by atoms with van der Waals surface area (Å²) in [6.45, 7) is 0. The van der Waals surface area contributed by atoms with Crippen LogP contribution in [0.3, 0.4) is 0 Å². The van der Waals surface area contributed by atoms with E-state index in [0.29, 0.717) is 17.9 Å². The summed E-state index contributed by atoms with van der Waals surface area (Å²) in [5, 5.41) is 0.557.